The molecule has 4 nitrogen and oxygen atoms in total. The lowest BCUT2D eigenvalue weighted by Crippen LogP contribution is -2.23. The SMILES string of the molecule is CCN(CC)c1ccc2c(c1)OCC(/C=C/C(=O)O)C2. The summed E-state index contributed by atoms with van der Waals surface area (Å²) in [5, 5.41) is 8.66. The molecule has 1 aromatic carbocycles. The molecule has 1 aliphatic heterocycles. The van der Waals surface area contributed by atoms with Crippen LogP contribution in [0.15, 0.2) is 30.4 Å². The van der Waals surface area contributed by atoms with Gasteiger partial charge in [-0.25, -0.2) is 4.79 Å². The third-order valence-corrected chi connectivity index (χ3v) is 3.63. The molecule has 0 saturated heterocycles. The van der Waals surface area contributed by atoms with E-state index in [9.17, 15) is 4.79 Å². The first-order valence-electron chi connectivity index (χ1n) is 7.05. The molecule has 20 heavy (non-hydrogen) atoms. The fraction of sp³-hybridized carbons (Fsp3) is 0.438. The smallest absolute Gasteiger partial charge is 0.327 e. The zero-order valence-electron chi connectivity index (χ0n) is 12.0. The van der Waals surface area contributed by atoms with Crippen molar-refractivity contribution in [3.63, 3.8) is 0 Å². The van der Waals surface area contributed by atoms with Crippen LogP contribution in [0, 0.1) is 5.92 Å². The number of carbonyl (C=O) groups is 1. The lowest BCUT2D eigenvalue weighted by atomic mass is 9.96. The molecule has 1 N–H and O–H groups in total. The summed E-state index contributed by atoms with van der Waals surface area (Å²) in [6.45, 7) is 6.75. The standard InChI is InChI=1S/C16H21NO3/c1-3-17(4-2)14-7-6-13-9-12(5-8-16(18)19)11-20-15(13)10-14/h5-8,10,12H,3-4,9,11H2,1-2H3,(H,18,19)/b8-5+. The number of anilines is 1. The van der Waals surface area contributed by atoms with Crippen molar-refractivity contribution in [2.24, 2.45) is 5.92 Å². The van der Waals surface area contributed by atoms with Gasteiger partial charge in [0, 0.05) is 36.8 Å². The van der Waals surface area contributed by atoms with Gasteiger partial charge < -0.3 is 14.7 Å². The summed E-state index contributed by atoms with van der Waals surface area (Å²) < 4.78 is 5.78. The van der Waals surface area contributed by atoms with E-state index in [-0.39, 0.29) is 5.92 Å². The van der Waals surface area contributed by atoms with Crippen molar-refractivity contribution < 1.29 is 14.6 Å². The number of ether oxygens (including phenoxy) is 1. The molecule has 0 saturated carbocycles. The molecule has 1 unspecified atom stereocenters. The van der Waals surface area contributed by atoms with Crippen molar-refractivity contribution in [2.75, 3.05) is 24.6 Å². The molecule has 1 aliphatic rings. The summed E-state index contributed by atoms with van der Waals surface area (Å²) in [5.41, 5.74) is 2.32. The van der Waals surface area contributed by atoms with Gasteiger partial charge in [0.05, 0.1) is 6.61 Å². The maximum absolute atomic E-state index is 10.5. The fourth-order valence-corrected chi connectivity index (χ4v) is 2.51. The van der Waals surface area contributed by atoms with Gasteiger partial charge in [-0.05, 0) is 31.9 Å². The highest BCUT2D eigenvalue weighted by Crippen LogP contribution is 2.31. The zero-order valence-corrected chi connectivity index (χ0v) is 12.0. The van der Waals surface area contributed by atoms with E-state index in [1.165, 1.54) is 11.8 Å². The van der Waals surface area contributed by atoms with Crippen LogP contribution in [0.25, 0.3) is 0 Å². The Morgan fingerprint density at radius 1 is 1.45 bits per heavy atom. The number of aliphatic carboxylic acids is 1. The number of nitrogens with zero attached hydrogens (tertiary/aromatic N) is 1. The molecule has 0 bridgehead atoms. The second kappa shape index (κ2) is 6.46. The Kier molecular flexibility index (Phi) is 4.66. The van der Waals surface area contributed by atoms with Gasteiger partial charge in [-0.2, -0.15) is 0 Å². The van der Waals surface area contributed by atoms with E-state index in [1.54, 1.807) is 6.08 Å². The number of carboxylic acid groups (broad SMARTS) is 1. The largest absolute Gasteiger partial charge is 0.493 e. The van der Waals surface area contributed by atoms with Crippen LogP contribution in [-0.2, 0) is 11.2 Å². The maximum atomic E-state index is 10.5. The quantitative estimate of drug-likeness (QED) is 0.839. The molecule has 0 aliphatic carbocycles. The topological polar surface area (TPSA) is 49.8 Å². The second-order valence-electron chi connectivity index (χ2n) is 4.94. The highest BCUT2D eigenvalue weighted by atomic mass is 16.5. The minimum atomic E-state index is -0.910. The zero-order chi connectivity index (χ0) is 14.5. The number of fused-ring (bicyclic) bond motifs is 1. The van der Waals surface area contributed by atoms with Gasteiger partial charge >= 0.3 is 5.97 Å². The van der Waals surface area contributed by atoms with E-state index < -0.39 is 5.97 Å². The predicted molar refractivity (Wildman–Crippen MR) is 79.5 cm³/mol. The Labute approximate surface area is 119 Å². The Morgan fingerprint density at radius 2 is 2.20 bits per heavy atom. The lowest BCUT2D eigenvalue weighted by Gasteiger charge is -2.26. The Hall–Kier alpha value is -1.97. The van der Waals surface area contributed by atoms with Gasteiger partial charge in [-0.1, -0.05) is 12.1 Å². The first kappa shape index (κ1) is 14.4. The normalized spacial score (nSPS) is 17.6. The van der Waals surface area contributed by atoms with E-state index in [0.717, 1.165) is 30.8 Å². The van der Waals surface area contributed by atoms with E-state index in [0.29, 0.717) is 6.61 Å². The van der Waals surface area contributed by atoms with Gasteiger partial charge in [0.15, 0.2) is 0 Å². The van der Waals surface area contributed by atoms with Crippen molar-refractivity contribution in [2.45, 2.75) is 20.3 Å². The van der Waals surface area contributed by atoms with Crippen LogP contribution in [0.5, 0.6) is 5.75 Å². The highest BCUT2D eigenvalue weighted by Gasteiger charge is 2.19. The number of benzene rings is 1. The van der Waals surface area contributed by atoms with E-state index >= 15 is 0 Å². The van der Waals surface area contributed by atoms with E-state index in [2.05, 4.69) is 36.9 Å². The van der Waals surface area contributed by atoms with Crippen LogP contribution >= 0.6 is 0 Å². The molecule has 0 amide bonds. The molecule has 0 fully saturated rings. The minimum absolute atomic E-state index is 0.137. The number of hydrogen-bond donors (Lipinski definition) is 1. The summed E-state index contributed by atoms with van der Waals surface area (Å²) in [6, 6.07) is 6.28. The van der Waals surface area contributed by atoms with Gasteiger partial charge in [0.25, 0.3) is 0 Å². The van der Waals surface area contributed by atoms with Crippen LogP contribution < -0.4 is 9.64 Å². The fourth-order valence-electron chi connectivity index (χ4n) is 2.51. The van der Waals surface area contributed by atoms with Crippen molar-refractivity contribution in [1.82, 2.24) is 0 Å². The van der Waals surface area contributed by atoms with E-state index in [4.69, 9.17) is 9.84 Å². The molecule has 1 atom stereocenters. The van der Waals surface area contributed by atoms with Crippen molar-refractivity contribution >= 4 is 11.7 Å². The second-order valence-corrected chi connectivity index (χ2v) is 4.94. The van der Waals surface area contributed by atoms with Gasteiger partial charge in [0.1, 0.15) is 5.75 Å². The van der Waals surface area contributed by atoms with E-state index in [1.807, 2.05) is 0 Å². The maximum Gasteiger partial charge on any atom is 0.327 e. The molecule has 0 radical (unpaired) electrons. The molecular formula is C16H21NO3. The molecule has 4 heteroatoms. The summed E-state index contributed by atoms with van der Waals surface area (Å²) >= 11 is 0. The van der Waals surface area contributed by atoms with Crippen LogP contribution in [0.2, 0.25) is 0 Å². The molecule has 0 aromatic heterocycles. The Bertz CT molecular complexity index is 506. The van der Waals surface area contributed by atoms with Crippen molar-refractivity contribution in [3.8, 4) is 5.75 Å². The predicted octanol–water partition coefficient (Wildman–Crippen LogP) is 2.72. The highest BCUT2D eigenvalue weighted by molar-refractivity contribution is 5.79. The Balaban J connectivity index is 2.13. The van der Waals surface area contributed by atoms with Crippen molar-refractivity contribution in [1.29, 1.82) is 0 Å². The van der Waals surface area contributed by atoms with Gasteiger partial charge in [-0.15, -0.1) is 0 Å². The molecule has 1 heterocycles. The minimum Gasteiger partial charge on any atom is -0.493 e. The van der Waals surface area contributed by atoms with Gasteiger partial charge in [-0.3, -0.25) is 0 Å². The number of rotatable bonds is 5. The molecule has 0 spiro atoms. The van der Waals surface area contributed by atoms with Crippen LogP contribution in [0.3, 0.4) is 0 Å². The first-order valence-corrected chi connectivity index (χ1v) is 7.05. The third-order valence-electron chi connectivity index (χ3n) is 3.63. The number of carboxylic acids is 1. The molecular weight excluding hydrogens is 254 g/mol. The first-order chi connectivity index (χ1) is 9.63. The van der Waals surface area contributed by atoms with Crippen LogP contribution in [-0.4, -0.2) is 30.8 Å². The molecule has 2 rings (SSSR count). The molecule has 1 aromatic rings. The van der Waals surface area contributed by atoms with Crippen molar-refractivity contribution in [3.05, 3.63) is 35.9 Å². The summed E-state index contributed by atoms with van der Waals surface area (Å²) in [6.07, 6.45) is 3.74. The van der Waals surface area contributed by atoms with Crippen LogP contribution in [0.4, 0.5) is 5.69 Å². The Morgan fingerprint density at radius 3 is 2.85 bits per heavy atom. The average molecular weight is 275 g/mol. The summed E-state index contributed by atoms with van der Waals surface area (Å²) in [4.78, 5) is 12.8. The summed E-state index contributed by atoms with van der Waals surface area (Å²) in [7, 11) is 0. The molecule has 108 valence electrons. The lowest BCUT2D eigenvalue weighted by molar-refractivity contribution is -0.131. The average Bonchev–Trinajstić information content (AvgIpc) is 2.46. The van der Waals surface area contributed by atoms with Crippen LogP contribution in [0.1, 0.15) is 19.4 Å². The summed E-state index contributed by atoms with van der Waals surface area (Å²) in [5.74, 6) is 0.153. The third kappa shape index (κ3) is 3.32. The van der Waals surface area contributed by atoms with Gasteiger partial charge in [0.2, 0.25) is 0 Å². The monoisotopic (exact) mass is 275 g/mol. The number of hydrogen-bond acceptors (Lipinski definition) is 3.